The first kappa shape index (κ1) is 15.7. The van der Waals surface area contributed by atoms with Crippen LogP contribution in [0.2, 0.25) is 0 Å². The summed E-state index contributed by atoms with van der Waals surface area (Å²) in [5, 5.41) is 0. The van der Waals surface area contributed by atoms with Crippen molar-refractivity contribution in [2.75, 3.05) is 6.61 Å². The SMILES string of the molecule is CCO[C@H]1Cc2ccccc2C1C=NC(=O)OC(C)(C)C. The van der Waals surface area contributed by atoms with Crippen LogP contribution >= 0.6 is 0 Å². The number of rotatable bonds is 3. The van der Waals surface area contributed by atoms with Crippen molar-refractivity contribution in [1.29, 1.82) is 0 Å². The van der Waals surface area contributed by atoms with Crippen LogP contribution in [0.25, 0.3) is 0 Å². The average molecular weight is 289 g/mol. The summed E-state index contributed by atoms with van der Waals surface area (Å²) in [4.78, 5) is 15.7. The lowest BCUT2D eigenvalue weighted by atomic mass is 10.0. The van der Waals surface area contributed by atoms with E-state index in [2.05, 4.69) is 17.1 Å². The van der Waals surface area contributed by atoms with Gasteiger partial charge in [0.05, 0.1) is 6.10 Å². The van der Waals surface area contributed by atoms with E-state index in [1.54, 1.807) is 6.21 Å². The fourth-order valence-electron chi connectivity index (χ4n) is 2.57. The summed E-state index contributed by atoms with van der Waals surface area (Å²) in [6.45, 7) is 8.11. The zero-order valence-electron chi connectivity index (χ0n) is 13.1. The van der Waals surface area contributed by atoms with Crippen molar-refractivity contribution in [3.05, 3.63) is 35.4 Å². The van der Waals surface area contributed by atoms with Crippen LogP contribution in [0.1, 0.15) is 44.7 Å². The fourth-order valence-corrected chi connectivity index (χ4v) is 2.57. The lowest BCUT2D eigenvalue weighted by Gasteiger charge is -2.18. The Morgan fingerprint density at radius 1 is 1.38 bits per heavy atom. The Labute approximate surface area is 126 Å². The normalized spacial score (nSPS) is 21.5. The summed E-state index contributed by atoms with van der Waals surface area (Å²) < 4.78 is 11.0. The second-order valence-electron chi connectivity index (χ2n) is 6.18. The van der Waals surface area contributed by atoms with Gasteiger partial charge in [0.25, 0.3) is 0 Å². The first-order valence-corrected chi connectivity index (χ1v) is 7.37. The predicted molar refractivity (Wildman–Crippen MR) is 83.0 cm³/mol. The molecule has 4 nitrogen and oxygen atoms in total. The molecule has 21 heavy (non-hydrogen) atoms. The highest BCUT2D eigenvalue weighted by molar-refractivity contribution is 5.84. The van der Waals surface area contributed by atoms with Gasteiger partial charge in [0, 0.05) is 18.7 Å². The minimum Gasteiger partial charge on any atom is -0.442 e. The van der Waals surface area contributed by atoms with Gasteiger partial charge in [0.1, 0.15) is 5.60 Å². The Hall–Kier alpha value is -1.68. The van der Waals surface area contributed by atoms with Gasteiger partial charge in [-0.25, -0.2) is 4.79 Å². The summed E-state index contributed by atoms with van der Waals surface area (Å²) in [6.07, 6.45) is 2.01. The maximum Gasteiger partial charge on any atom is 0.433 e. The number of fused-ring (bicyclic) bond motifs is 1. The molecule has 1 aliphatic rings. The molecule has 0 fully saturated rings. The van der Waals surface area contributed by atoms with E-state index in [4.69, 9.17) is 9.47 Å². The summed E-state index contributed by atoms with van der Waals surface area (Å²) in [5.74, 6) is 0.00803. The van der Waals surface area contributed by atoms with Gasteiger partial charge in [-0.2, -0.15) is 4.99 Å². The van der Waals surface area contributed by atoms with Crippen LogP contribution in [0.5, 0.6) is 0 Å². The van der Waals surface area contributed by atoms with Crippen LogP contribution in [0.15, 0.2) is 29.3 Å². The van der Waals surface area contributed by atoms with E-state index in [9.17, 15) is 4.79 Å². The predicted octanol–water partition coefficient (Wildman–Crippen LogP) is 3.74. The average Bonchev–Trinajstić information content (AvgIpc) is 2.72. The quantitative estimate of drug-likeness (QED) is 0.796. The Morgan fingerprint density at radius 2 is 2.10 bits per heavy atom. The number of carbonyl (C=O) groups is 1. The maximum absolute atomic E-state index is 11.7. The molecule has 1 amide bonds. The highest BCUT2D eigenvalue weighted by atomic mass is 16.6. The molecule has 2 atom stereocenters. The molecular formula is C17H23NO3. The zero-order valence-corrected chi connectivity index (χ0v) is 13.1. The molecule has 4 heteroatoms. The molecule has 0 saturated heterocycles. The number of hydrogen-bond acceptors (Lipinski definition) is 3. The van der Waals surface area contributed by atoms with E-state index in [0.29, 0.717) is 6.61 Å². The van der Waals surface area contributed by atoms with Crippen LogP contribution in [0.4, 0.5) is 4.79 Å². The molecular weight excluding hydrogens is 266 g/mol. The standard InChI is InChI=1S/C17H23NO3/c1-5-20-15-10-12-8-6-7-9-13(12)14(15)11-18-16(19)21-17(2,3)4/h6-9,11,14-15H,5,10H2,1-4H3/t14?,15-/m0/s1. The molecule has 0 radical (unpaired) electrons. The molecule has 0 N–H and O–H groups in total. The summed E-state index contributed by atoms with van der Waals surface area (Å²) in [6, 6.07) is 8.19. The molecule has 1 unspecified atom stereocenters. The third kappa shape index (κ3) is 4.14. The molecule has 0 bridgehead atoms. The number of aliphatic imine (C=N–C) groups is 1. The van der Waals surface area contributed by atoms with Gasteiger partial charge < -0.3 is 9.47 Å². The maximum atomic E-state index is 11.7. The van der Waals surface area contributed by atoms with Crippen LogP contribution in [0.3, 0.4) is 0 Å². The smallest absolute Gasteiger partial charge is 0.433 e. The van der Waals surface area contributed by atoms with Crippen molar-refractivity contribution in [2.45, 2.75) is 51.7 Å². The molecule has 0 aliphatic heterocycles. The Morgan fingerprint density at radius 3 is 2.76 bits per heavy atom. The van der Waals surface area contributed by atoms with Gasteiger partial charge in [-0.1, -0.05) is 24.3 Å². The van der Waals surface area contributed by atoms with Crippen LogP contribution in [0, 0.1) is 0 Å². The minimum atomic E-state index is -0.554. The van der Waals surface area contributed by atoms with Crippen LogP contribution in [-0.2, 0) is 15.9 Å². The van der Waals surface area contributed by atoms with Crippen molar-refractivity contribution >= 4 is 12.3 Å². The molecule has 1 aromatic rings. The van der Waals surface area contributed by atoms with E-state index in [0.717, 1.165) is 6.42 Å². The van der Waals surface area contributed by atoms with Crippen molar-refractivity contribution in [3.8, 4) is 0 Å². The third-order valence-corrected chi connectivity index (χ3v) is 3.35. The van der Waals surface area contributed by atoms with Crippen molar-refractivity contribution in [3.63, 3.8) is 0 Å². The monoisotopic (exact) mass is 289 g/mol. The van der Waals surface area contributed by atoms with Crippen molar-refractivity contribution in [2.24, 2.45) is 4.99 Å². The molecule has 1 aliphatic carbocycles. The first-order valence-electron chi connectivity index (χ1n) is 7.37. The Kier molecular flexibility index (Phi) is 4.78. The number of benzene rings is 1. The van der Waals surface area contributed by atoms with Crippen LogP contribution in [-0.4, -0.2) is 30.6 Å². The zero-order chi connectivity index (χ0) is 15.5. The minimum absolute atomic E-state index is 0.00803. The van der Waals surface area contributed by atoms with E-state index in [1.807, 2.05) is 39.8 Å². The molecule has 114 valence electrons. The van der Waals surface area contributed by atoms with Crippen LogP contribution < -0.4 is 0 Å². The lowest BCUT2D eigenvalue weighted by Crippen LogP contribution is -2.23. The second kappa shape index (κ2) is 6.39. The van der Waals surface area contributed by atoms with E-state index < -0.39 is 11.7 Å². The fraction of sp³-hybridized carbons (Fsp3) is 0.529. The van der Waals surface area contributed by atoms with Gasteiger partial charge in [-0.15, -0.1) is 0 Å². The lowest BCUT2D eigenvalue weighted by molar-refractivity contribution is 0.0595. The van der Waals surface area contributed by atoms with Gasteiger partial charge in [0.15, 0.2) is 0 Å². The van der Waals surface area contributed by atoms with Gasteiger partial charge in [-0.05, 0) is 45.2 Å². The number of carbonyl (C=O) groups excluding carboxylic acids is 1. The van der Waals surface area contributed by atoms with Gasteiger partial charge >= 0.3 is 6.09 Å². The van der Waals surface area contributed by atoms with E-state index in [1.165, 1.54) is 11.1 Å². The second-order valence-corrected chi connectivity index (χ2v) is 6.18. The summed E-state index contributed by atoms with van der Waals surface area (Å²) >= 11 is 0. The largest absolute Gasteiger partial charge is 0.442 e. The van der Waals surface area contributed by atoms with Gasteiger partial charge in [-0.3, -0.25) is 0 Å². The molecule has 0 saturated carbocycles. The third-order valence-electron chi connectivity index (χ3n) is 3.35. The molecule has 2 rings (SSSR count). The first-order chi connectivity index (χ1) is 9.90. The van der Waals surface area contributed by atoms with Gasteiger partial charge in [0.2, 0.25) is 0 Å². The van der Waals surface area contributed by atoms with E-state index in [-0.39, 0.29) is 12.0 Å². The Balaban J connectivity index is 2.14. The molecule has 0 heterocycles. The van der Waals surface area contributed by atoms with Crippen molar-refractivity contribution < 1.29 is 14.3 Å². The number of amides is 1. The van der Waals surface area contributed by atoms with E-state index >= 15 is 0 Å². The highest BCUT2D eigenvalue weighted by Gasteiger charge is 2.31. The molecule has 0 aromatic heterocycles. The Bertz CT molecular complexity index is 531. The summed E-state index contributed by atoms with van der Waals surface area (Å²) in [5.41, 5.74) is 1.92. The topological polar surface area (TPSA) is 47.9 Å². The summed E-state index contributed by atoms with van der Waals surface area (Å²) in [7, 11) is 0. The van der Waals surface area contributed by atoms with Crippen molar-refractivity contribution in [1.82, 2.24) is 0 Å². The number of hydrogen-bond donors (Lipinski definition) is 0. The molecule has 1 aromatic carbocycles. The highest BCUT2D eigenvalue weighted by Crippen LogP contribution is 2.34. The number of nitrogens with zero attached hydrogens (tertiary/aromatic N) is 1. The number of ether oxygens (including phenoxy) is 2. The molecule has 0 spiro atoms.